The number of methoxy groups -OCH3 is 1. The lowest BCUT2D eigenvalue weighted by Gasteiger charge is -2.35. The van der Waals surface area contributed by atoms with Gasteiger partial charge in [0.25, 0.3) is 0 Å². The maximum Gasteiger partial charge on any atom is 0.235 e. The van der Waals surface area contributed by atoms with E-state index in [9.17, 15) is 4.79 Å². The van der Waals surface area contributed by atoms with Gasteiger partial charge in [-0.25, -0.2) is 0 Å². The maximum atomic E-state index is 12.9. The Kier molecular flexibility index (Phi) is 7.62. The van der Waals surface area contributed by atoms with Crippen LogP contribution in [0.25, 0.3) is 0 Å². The van der Waals surface area contributed by atoms with Crippen LogP contribution in [0.15, 0.2) is 58.9 Å². The molecule has 3 aromatic rings. The average molecular weight is 470 g/mol. The molecule has 0 aliphatic carbocycles. The molecule has 1 atom stereocenters. The van der Waals surface area contributed by atoms with Gasteiger partial charge in [-0.2, -0.15) is 0 Å². The lowest BCUT2D eigenvalue weighted by atomic mass is 10.2. The normalized spacial score (nSPS) is 15.4. The van der Waals surface area contributed by atoms with E-state index in [-0.39, 0.29) is 11.2 Å². The second-order valence-electron chi connectivity index (χ2n) is 7.57. The van der Waals surface area contributed by atoms with E-state index in [4.69, 9.17) is 4.74 Å². The molecule has 32 heavy (non-hydrogen) atoms. The Morgan fingerprint density at radius 1 is 1.09 bits per heavy atom. The third kappa shape index (κ3) is 5.99. The summed E-state index contributed by atoms with van der Waals surface area (Å²) in [6.45, 7) is 6.19. The van der Waals surface area contributed by atoms with Crippen molar-refractivity contribution < 1.29 is 9.53 Å². The fourth-order valence-electron chi connectivity index (χ4n) is 3.53. The zero-order valence-corrected chi connectivity index (χ0v) is 19.9. The van der Waals surface area contributed by atoms with Gasteiger partial charge >= 0.3 is 0 Å². The van der Waals surface area contributed by atoms with Crippen molar-refractivity contribution in [2.24, 2.45) is 0 Å². The molecule has 1 aliphatic rings. The quantitative estimate of drug-likeness (QED) is 0.498. The summed E-state index contributed by atoms with van der Waals surface area (Å²) in [7, 11) is 1.64. The molecule has 0 spiro atoms. The Morgan fingerprint density at radius 3 is 2.50 bits per heavy atom. The van der Waals surface area contributed by atoms with Gasteiger partial charge in [0.05, 0.1) is 12.4 Å². The predicted molar refractivity (Wildman–Crippen MR) is 130 cm³/mol. The number of piperazine rings is 1. The maximum absolute atomic E-state index is 12.9. The summed E-state index contributed by atoms with van der Waals surface area (Å²) in [6.07, 6.45) is 0. The van der Waals surface area contributed by atoms with Crippen molar-refractivity contribution in [3.63, 3.8) is 0 Å². The number of hydrogen-bond acceptors (Lipinski definition) is 8. The molecule has 9 heteroatoms. The molecular formula is C23H27N5O2S2. The first kappa shape index (κ1) is 22.6. The third-order valence-electron chi connectivity index (χ3n) is 5.31. The molecule has 0 bridgehead atoms. The van der Waals surface area contributed by atoms with Crippen molar-refractivity contribution in [2.75, 3.05) is 38.6 Å². The van der Waals surface area contributed by atoms with E-state index >= 15 is 0 Å². The number of nitrogens with zero attached hydrogens (tertiary/aromatic N) is 4. The molecule has 168 valence electrons. The van der Waals surface area contributed by atoms with Crippen molar-refractivity contribution in [3.05, 3.63) is 60.2 Å². The van der Waals surface area contributed by atoms with Gasteiger partial charge in [0, 0.05) is 38.4 Å². The highest BCUT2D eigenvalue weighted by molar-refractivity contribution is 8.02. The molecule has 0 saturated carbocycles. The molecule has 7 nitrogen and oxygen atoms in total. The molecule has 2 aromatic carbocycles. The zero-order chi connectivity index (χ0) is 22.3. The molecule has 0 radical (unpaired) electrons. The van der Waals surface area contributed by atoms with Gasteiger partial charge in [-0.1, -0.05) is 53.4 Å². The van der Waals surface area contributed by atoms with Crippen LogP contribution in [0, 0.1) is 0 Å². The second kappa shape index (κ2) is 10.8. The van der Waals surface area contributed by atoms with E-state index in [1.54, 1.807) is 7.11 Å². The second-order valence-corrected chi connectivity index (χ2v) is 10.1. The summed E-state index contributed by atoms with van der Waals surface area (Å²) >= 11 is 2.92. The molecule has 1 N–H and O–H groups in total. The van der Waals surface area contributed by atoms with Gasteiger partial charge in [0.15, 0.2) is 4.34 Å². The summed E-state index contributed by atoms with van der Waals surface area (Å²) in [5, 5.41) is 12.2. The highest BCUT2D eigenvalue weighted by atomic mass is 32.2. The highest BCUT2D eigenvalue weighted by Gasteiger charge is 2.26. The first-order valence-corrected chi connectivity index (χ1v) is 12.3. The van der Waals surface area contributed by atoms with Crippen LogP contribution in [0.1, 0.15) is 12.5 Å². The number of rotatable bonds is 8. The standard InChI is InChI=1S/C23H27N5O2S2/c1-17(21(29)28-14-12-27(13-15-28)16-18-6-4-3-5-7-18)31-23-26-25-22(32-23)24-19-8-10-20(30-2)11-9-19/h3-11,17H,12-16H2,1-2H3,(H,24,25). The van der Waals surface area contributed by atoms with E-state index < -0.39 is 0 Å². The van der Waals surface area contributed by atoms with E-state index in [1.807, 2.05) is 42.2 Å². The molecule has 1 fully saturated rings. The summed E-state index contributed by atoms with van der Waals surface area (Å²) < 4.78 is 5.96. The minimum atomic E-state index is -0.197. The molecule has 1 aromatic heterocycles. The monoisotopic (exact) mass is 469 g/mol. The van der Waals surface area contributed by atoms with E-state index in [0.717, 1.165) is 48.5 Å². The van der Waals surface area contributed by atoms with Gasteiger partial charge in [-0.3, -0.25) is 9.69 Å². The zero-order valence-electron chi connectivity index (χ0n) is 18.2. The fourth-order valence-corrected chi connectivity index (χ4v) is 5.53. The van der Waals surface area contributed by atoms with Crippen LogP contribution in [0.3, 0.4) is 0 Å². The minimum absolute atomic E-state index is 0.161. The molecule has 1 aliphatic heterocycles. The fraction of sp³-hybridized carbons (Fsp3) is 0.348. The van der Waals surface area contributed by atoms with Crippen molar-refractivity contribution >= 4 is 39.8 Å². The van der Waals surface area contributed by atoms with Crippen molar-refractivity contribution in [3.8, 4) is 5.75 Å². The largest absolute Gasteiger partial charge is 0.497 e. The lowest BCUT2D eigenvalue weighted by molar-refractivity contribution is -0.132. The average Bonchev–Trinajstić information content (AvgIpc) is 3.27. The van der Waals surface area contributed by atoms with Crippen LogP contribution >= 0.6 is 23.1 Å². The highest BCUT2D eigenvalue weighted by Crippen LogP contribution is 2.31. The van der Waals surface area contributed by atoms with Crippen LogP contribution in [0.2, 0.25) is 0 Å². The van der Waals surface area contributed by atoms with E-state index in [1.165, 1.54) is 28.7 Å². The number of ether oxygens (including phenoxy) is 1. The molecular weight excluding hydrogens is 442 g/mol. The smallest absolute Gasteiger partial charge is 0.235 e. The Balaban J connectivity index is 1.25. The number of carbonyl (C=O) groups is 1. The van der Waals surface area contributed by atoms with Crippen LogP contribution in [0.4, 0.5) is 10.8 Å². The number of anilines is 2. The van der Waals surface area contributed by atoms with Crippen molar-refractivity contribution in [1.82, 2.24) is 20.0 Å². The van der Waals surface area contributed by atoms with Crippen LogP contribution < -0.4 is 10.1 Å². The Bertz CT molecular complexity index is 1000. The van der Waals surface area contributed by atoms with Gasteiger partial charge in [-0.05, 0) is 36.8 Å². The Labute approximate surface area is 196 Å². The molecule has 1 saturated heterocycles. The molecule has 4 rings (SSSR count). The summed E-state index contributed by atoms with van der Waals surface area (Å²) in [5.41, 5.74) is 2.22. The van der Waals surface area contributed by atoms with E-state index in [0.29, 0.717) is 5.13 Å². The van der Waals surface area contributed by atoms with Crippen molar-refractivity contribution in [2.45, 2.75) is 23.1 Å². The van der Waals surface area contributed by atoms with Gasteiger partial charge < -0.3 is 15.0 Å². The molecule has 2 heterocycles. The number of carbonyl (C=O) groups excluding carboxylic acids is 1. The van der Waals surface area contributed by atoms with Crippen LogP contribution in [-0.2, 0) is 11.3 Å². The number of thioether (sulfide) groups is 1. The van der Waals surface area contributed by atoms with Gasteiger partial charge in [0.1, 0.15) is 5.75 Å². The summed E-state index contributed by atoms with van der Waals surface area (Å²) in [4.78, 5) is 17.3. The molecule has 1 unspecified atom stereocenters. The van der Waals surface area contributed by atoms with Crippen LogP contribution in [0.5, 0.6) is 5.75 Å². The number of aromatic nitrogens is 2. The first-order chi connectivity index (χ1) is 15.6. The number of nitrogens with one attached hydrogen (secondary N) is 1. The van der Waals surface area contributed by atoms with Crippen molar-refractivity contribution in [1.29, 1.82) is 0 Å². The number of benzene rings is 2. The Morgan fingerprint density at radius 2 is 1.81 bits per heavy atom. The first-order valence-electron chi connectivity index (χ1n) is 10.6. The SMILES string of the molecule is COc1ccc(Nc2nnc(SC(C)C(=O)N3CCN(Cc4ccccc4)CC3)s2)cc1. The number of amides is 1. The summed E-state index contributed by atoms with van der Waals surface area (Å²) in [6, 6.07) is 18.1. The minimum Gasteiger partial charge on any atom is -0.497 e. The number of hydrogen-bond donors (Lipinski definition) is 1. The Hall–Kier alpha value is -2.62. The lowest BCUT2D eigenvalue weighted by Crippen LogP contribution is -2.50. The third-order valence-corrected chi connectivity index (χ3v) is 7.32. The topological polar surface area (TPSA) is 70.6 Å². The summed E-state index contributed by atoms with van der Waals surface area (Å²) in [5.74, 6) is 0.964. The van der Waals surface area contributed by atoms with Gasteiger partial charge in [-0.15, -0.1) is 10.2 Å². The van der Waals surface area contributed by atoms with Gasteiger partial charge in [0.2, 0.25) is 11.0 Å². The van der Waals surface area contributed by atoms with E-state index in [2.05, 4.69) is 44.7 Å². The predicted octanol–water partition coefficient (Wildman–Crippen LogP) is 4.12. The molecule has 1 amide bonds. The van der Waals surface area contributed by atoms with Crippen LogP contribution in [-0.4, -0.2) is 64.4 Å².